The first-order valence-corrected chi connectivity index (χ1v) is 6.57. The summed E-state index contributed by atoms with van der Waals surface area (Å²) in [6.45, 7) is 2.05. The van der Waals surface area contributed by atoms with Crippen molar-refractivity contribution in [2.45, 2.75) is 6.92 Å². The Morgan fingerprint density at radius 2 is 2.07 bits per heavy atom. The fraction of sp³-hybridized carbons (Fsp3) is 0.111. The number of rotatable bonds is 2. The maximum absolute atomic E-state index is 3.96. The van der Waals surface area contributed by atoms with Crippen LogP contribution in [0.25, 0.3) is 0 Å². The Morgan fingerprint density at radius 1 is 1.27 bits per heavy atom. The van der Waals surface area contributed by atoms with E-state index >= 15 is 0 Å². The molecular weight excluding hydrogens is 342 g/mol. The zero-order valence-corrected chi connectivity index (χ0v) is 11.8. The van der Waals surface area contributed by atoms with E-state index in [1.54, 1.807) is 0 Å². The van der Waals surface area contributed by atoms with E-state index in [1.807, 2.05) is 12.1 Å². The monoisotopic (exact) mass is 347 g/mol. The fourth-order valence-corrected chi connectivity index (χ4v) is 2.71. The van der Waals surface area contributed by atoms with Crippen LogP contribution < -0.4 is 5.32 Å². The molecule has 0 spiro atoms. The van der Waals surface area contributed by atoms with Crippen LogP contribution >= 0.6 is 43.2 Å². The molecule has 78 valence electrons. The van der Waals surface area contributed by atoms with Gasteiger partial charge in [-0.3, -0.25) is 0 Å². The van der Waals surface area contributed by atoms with Crippen molar-refractivity contribution in [3.8, 4) is 0 Å². The number of hydrogen-bond acceptors (Lipinski definition) is 4. The van der Waals surface area contributed by atoms with Crippen molar-refractivity contribution in [1.82, 2.24) is 10.2 Å². The largest absolute Gasteiger partial charge is 0.329 e. The highest BCUT2D eigenvalue weighted by Gasteiger charge is 2.04. The van der Waals surface area contributed by atoms with Crippen molar-refractivity contribution in [2.75, 3.05) is 5.32 Å². The molecule has 0 saturated carbocycles. The molecule has 0 atom stereocenters. The van der Waals surface area contributed by atoms with Crippen LogP contribution in [0.1, 0.15) is 5.56 Å². The standard InChI is InChI=1S/C9H7Br2N3S/c1-5-2-3-7(6(10)4-5)12-9-14-13-8(11)15-9/h2-4H,1H3,(H,12,14). The number of aromatic nitrogens is 2. The van der Waals surface area contributed by atoms with Gasteiger partial charge < -0.3 is 5.32 Å². The molecule has 0 saturated heterocycles. The second kappa shape index (κ2) is 4.59. The highest BCUT2D eigenvalue weighted by atomic mass is 79.9. The summed E-state index contributed by atoms with van der Waals surface area (Å²) in [4.78, 5) is 0. The summed E-state index contributed by atoms with van der Waals surface area (Å²) in [6.07, 6.45) is 0. The lowest BCUT2D eigenvalue weighted by molar-refractivity contribution is 1.07. The third-order valence-electron chi connectivity index (χ3n) is 1.77. The molecule has 0 aliphatic rings. The van der Waals surface area contributed by atoms with Gasteiger partial charge >= 0.3 is 0 Å². The number of nitrogens with one attached hydrogen (secondary N) is 1. The van der Waals surface area contributed by atoms with E-state index < -0.39 is 0 Å². The number of nitrogens with zero attached hydrogens (tertiary/aromatic N) is 2. The van der Waals surface area contributed by atoms with E-state index in [2.05, 4.69) is 60.4 Å². The summed E-state index contributed by atoms with van der Waals surface area (Å²) >= 11 is 8.22. The van der Waals surface area contributed by atoms with Crippen LogP contribution in [0.5, 0.6) is 0 Å². The van der Waals surface area contributed by atoms with Gasteiger partial charge in [0, 0.05) is 4.47 Å². The Bertz CT molecular complexity index is 484. The van der Waals surface area contributed by atoms with Gasteiger partial charge in [0.2, 0.25) is 5.13 Å². The predicted octanol–water partition coefficient (Wildman–Crippen LogP) is 4.12. The number of anilines is 2. The summed E-state index contributed by atoms with van der Waals surface area (Å²) in [6, 6.07) is 6.11. The molecule has 2 aromatic rings. The zero-order valence-electron chi connectivity index (χ0n) is 7.79. The molecule has 0 aliphatic carbocycles. The van der Waals surface area contributed by atoms with Crippen LogP contribution in [0.3, 0.4) is 0 Å². The van der Waals surface area contributed by atoms with Gasteiger partial charge in [0.15, 0.2) is 3.92 Å². The topological polar surface area (TPSA) is 37.8 Å². The third-order valence-corrected chi connectivity index (χ3v) is 3.69. The molecule has 0 bridgehead atoms. The minimum Gasteiger partial charge on any atom is -0.329 e. The second-order valence-electron chi connectivity index (χ2n) is 2.97. The average Bonchev–Trinajstić information content (AvgIpc) is 2.56. The highest BCUT2D eigenvalue weighted by Crippen LogP contribution is 2.29. The summed E-state index contributed by atoms with van der Waals surface area (Å²) in [5.74, 6) is 0. The van der Waals surface area contributed by atoms with Crippen LogP contribution in [0.4, 0.5) is 10.8 Å². The summed E-state index contributed by atoms with van der Waals surface area (Å²) in [5.41, 5.74) is 2.20. The smallest absolute Gasteiger partial charge is 0.210 e. The van der Waals surface area contributed by atoms with E-state index in [4.69, 9.17) is 0 Å². The van der Waals surface area contributed by atoms with Gasteiger partial charge in [0.1, 0.15) is 0 Å². The zero-order chi connectivity index (χ0) is 10.8. The van der Waals surface area contributed by atoms with E-state index in [-0.39, 0.29) is 0 Å². The molecule has 0 unspecified atom stereocenters. The van der Waals surface area contributed by atoms with Crippen molar-refractivity contribution < 1.29 is 0 Å². The number of halogens is 2. The van der Waals surface area contributed by atoms with E-state index in [0.717, 1.165) is 19.2 Å². The first-order chi connectivity index (χ1) is 7.15. The number of benzene rings is 1. The molecule has 3 nitrogen and oxygen atoms in total. The minimum absolute atomic E-state index is 0.770. The molecule has 0 aliphatic heterocycles. The van der Waals surface area contributed by atoms with E-state index in [0.29, 0.717) is 0 Å². The molecule has 1 aromatic carbocycles. The Balaban J connectivity index is 2.24. The molecule has 2 rings (SSSR count). The SMILES string of the molecule is Cc1ccc(Nc2nnc(Br)s2)c(Br)c1. The molecule has 1 N–H and O–H groups in total. The van der Waals surface area contributed by atoms with Crippen molar-refractivity contribution in [3.63, 3.8) is 0 Å². The van der Waals surface area contributed by atoms with Gasteiger partial charge in [-0.05, 0) is 56.5 Å². The number of aryl methyl sites for hydroxylation is 1. The predicted molar refractivity (Wildman–Crippen MR) is 69.8 cm³/mol. The number of hydrogen-bond donors (Lipinski definition) is 1. The maximum atomic E-state index is 3.96. The van der Waals surface area contributed by atoms with Crippen LogP contribution in [-0.4, -0.2) is 10.2 Å². The Hall–Kier alpha value is -0.460. The highest BCUT2D eigenvalue weighted by molar-refractivity contribution is 9.11. The molecule has 0 fully saturated rings. The normalized spacial score (nSPS) is 10.3. The van der Waals surface area contributed by atoms with Gasteiger partial charge in [0.25, 0.3) is 0 Å². The summed E-state index contributed by atoms with van der Waals surface area (Å²) in [5, 5.41) is 11.8. The lowest BCUT2D eigenvalue weighted by Crippen LogP contribution is -1.90. The maximum Gasteiger partial charge on any atom is 0.210 e. The van der Waals surface area contributed by atoms with E-state index in [1.165, 1.54) is 16.9 Å². The molecule has 1 aromatic heterocycles. The molecular formula is C9H7Br2N3S. The minimum atomic E-state index is 0.770. The van der Waals surface area contributed by atoms with Crippen LogP contribution in [0.15, 0.2) is 26.6 Å². The quantitative estimate of drug-likeness (QED) is 0.887. The van der Waals surface area contributed by atoms with Gasteiger partial charge in [-0.2, -0.15) is 0 Å². The molecule has 6 heteroatoms. The average molecular weight is 349 g/mol. The van der Waals surface area contributed by atoms with Gasteiger partial charge in [-0.1, -0.05) is 17.4 Å². The van der Waals surface area contributed by atoms with Crippen molar-refractivity contribution in [1.29, 1.82) is 0 Å². The lowest BCUT2D eigenvalue weighted by atomic mass is 10.2. The molecule has 15 heavy (non-hydrogen) atoms. The van der Waals surface area contributed by atoms with Crippen molar-refractivity contribution >= 4 is 54.0 Å². The Labute approximate surface area is 108 Å². The van der Waals surface area contributed by atoms with Crippen LogP contribution in [0.2, 0.25) is 0 Å². The first kappa shape index (κ1) is 11.0. The molecule has 0 radical (unpaired) electrons. The first-order valence-electron chi connectivity index (χ1n) is 4.17. The fourth-order valence-electron chi connectivity index (χ4n) is 1.09. The second-order valence-corrected chi connectivity index (χ2v) is 6.08. The third kappa shape index (κ3) is 2.76. The van der Waals surface area contributed by atoms with Gasteiger partial charge in [-0.15, -0.1) is 10.2 Å². The van der Waals surface area contributed by atoms with Crippen molar-refractivity contribution in [2.24, 2.45) is 0 Å². The van der Waals surface area contributed by atoms with Gasteiger partial charge in [-0.25, -0.2) is 0 Å². The van der Waals surface area contributed by atoms with E-state index in [9.17, 15) is 0 Å². The van der Waals surface area contributed by atoms with Crippen LogP contribution in [-0.2, 0) is 0 Å². The Morgan fingerprint density at radius 3 is 2.67 bits per heavy atom. The van der Waals surface area contributed by atoms with Crippen molar-refractivity contribution in [3.05, 3.63) is 32.2 Å². The van der Waals surface area contributed by atoms with Gasteiger partial charge in [0.05, 0.1) is 5.69 Å². The molecule has 0 amide bonds. The lowest BCUT2D eigenvalue weighted by Gasteiger charge is -2.05. The molecule has 1 heterocycles. The summed E-state index contributed by atoms with van der Waals surface area (Å²) < 4.78 is 1.79. The summed E-state index contributed by atoms with van der Waals surface area (Å²) in [7, 11) is 0. The van der Waals surface area contributed by atoms with Crippen LogP contribution in [0, 0.1) is 6.92 Å². The Kier molecular flexibility index (Phi) is 3.38.